The first kappa shape index (κ1) is 14.3. The number of halogens is 2. The Morgan fingerprint density at radius 3 is 2.88 bits per heavy atom. The first-order valence-electron chi connectivity index (χ1n) is 5.45. The summed E-state index contributed by atoms with van der Waals surface area (Å²) in [6.07, 6.45) is 1.37. The Labute approximate surface area is 115 Å². The van der Waals surface area contributed by atoms with Gasteiger partial charge in [0.1, 0.15) is 5.75 Å². The molecule has 0 heterocycles. The standard InChI is InChI=1S/C12H15BrClNO2/c1-2-7-17-11-4-3-9(8-10(11)14)15-12(16)5-6-13/h3-4,8H,2,5-7H2,1H3,(H,15,16). The largest absolute Gasteiger partial charge is 0.492 e. The number of hydrogen-bond donors (Lipinski definition) is 1. The maximum Gasteiger partial charge on any atom is 0.225 e. The number of alkyl halides is 1. The topological polar surface area (TPSA) is 38.3 Å². The molecule has 0 aliphatic heterocycles. The summed E-state index contributed by atoms with van der Waals surface area (Å²) in [6.45, 7) is 2.66. The highest BCUT2D eigenvalue weighted by molar-refractivity contribution is 9.09. The Bertz CT molecular complexity index is 385. The Morgan fingerprint density at radius 2 is 2.29 bits per heavy atom. The van der Waals surface area contributed by atoms with E-state index in [1.165, 1.54) is 0 Å². The van der Waals surface area contributed by atoms with Crippen LogP contribution in [-0.2, 0) is 4.79 Å². The third-order valence-electron chi connectivity index (χ3n) is 2.00. The highest BCUT2D eigenvalue weighted by Crippen LogP contribution is 2.27. The molecule has 0 bridgehead atoms. The van der Waals surface area contributed by atoms with Crippen molar-refractivity contribution in [2.75, 3.05) is 17.3 Å². The monoisotopic (exact) mass is 319 g/mol. The summed E-state index contributed by atoms with van der Waals surface area (Å²) in [5, 5.41) is 3.91. The number of carbonyl (C=O) groups excluding carboxylic acids is 1. The first-order chi connectivity index (χ1) is 8.17. The van der Waals surface area contributed by atoms with Crippen LogP contribution in [0, 0.1) is 0 Å². The third kappa shape index (κ3) is 4.96. The number of rotatable bonds is 6. The predicted molar refractivity (Wildman–Crippen MR) is 74.3 cm³/mol. The van der Waals surface area contributed by atoms with Gasteiger partial charge in [-0.1, -0.05) is 34.5 Å². The molecule has 0 saturated heterocycles. The lowest BCUT2D eigenvalue weighted by molar-refractivity contribution is -0.115. The average molecular weight is 321 g/mol. The van der Waals surface area contributed by atoms with Crippen LogP contribution in [0.5, 0.6) is 5.75 Å². The molecule has 1 aromatic carbocycles. The van der Waals surface area contributed by atoms with Gasteiger partial charge in [-0.05, 0) is 24.6 Å². The van der Waals surface area contributed by atoms with Gasteiger partial charge < -0.3 is 10.1 Å². The fourth-order valence-corrected chi connectivity index (χ4v) is 1.81. The average Bonchev–Trinajstić information content (AvgIpc) is 2.28. The van der Waals surface area contributed by atoms with Crippen LogP contribution in [0.15, 0.2) is 18.2 Å². The lowest BCUT2D eigenvalue weighted by Gasteiger charge is -2.09. The summed E-state index contributed by atoms with van der Waals surface area (Å²) < 4.78 is 5.44. The van der Waals surface area contributed by atoms with Gasteiger partial charge in [0, 0.05) is 17.4 Å². The molecule has 0 atom stereocenters. The van der Waals surface area contributed by atoms with E-state index in [1.807, 2.05) is 6.92 Å². The van der Waals surface area contributed by atoms with Crippen LogP contribution < -0.4 is 10.1 Å². The van der Waals surface area contributed by atoms with Crippen molar-refractivity contribution in [2.45, 2.75) is 19.8 Å². The summed E-state index contributed by atoms with van der Waals surface area (Å²) in [7, 11) is 0. The van der Waals surface area contributed by atoms with Gasteiger partial charge in [-0.3, -0.25) is 4.79 Å². The van der Waals surface area contributed by atoms with Crippen molar-refractivity contribution in [3.63, 3.8) is 0 Å². The third-order valence-corrected chi connectivity index (χ3v) is 2.69. The van der Waals surface area contributed by atoms with Gasteiger partial charge in [-0.25, -0.2) is 0 Å². The van der Waals surface area contributed by atoms with Gasteiger partial charge in [0.25, 0.3) is 0 Å². The predicted octanol–water partition coefficient (Wildman–Crippen LogP) is 3.85. The highest BCUT2D eigenvalue weighted by Gasteiger charge is 2.05. The SMILES string of the molecule is CCCOc1ccc(NC(=O)CCBr)cc1Cl. The molecule has 0 aliphatic carbocycles. The molecule has 94 valence electrons. The van der Waals surface area contributed by atoms with Crippen LogP contribution in [0.4, 0.5) is 5.69 Å². The van der Waals surface area contributed by atoms with Gasteiger partial charge in [0.2, 0.25) is 5.91 Å². The van der Waals surface area contributed by atoms with Crippen molar-refractivity contribution >= 4 is 39.1 Å². The van der Waals surface area contributed by atoms with E-state index in [1.54, 1.807) is 18.2 Å². The molecular weight excluding hydrogens is 305 g/mol. The Balaban J connectivity index is 2.64. The van der Waals surface area contributed by atoms with Crippen molar-refractivity contribution in [3.05, 3.63) is 23.2 Å². The zero-order valence-corrected chi connectivity index (χ0v) is 12.0. The molecule has 3 nitrogen and oxygen atoms in total. The zero-order valence-electron chi connectivity index (χ0n) is 9.63. The zero-order chi connectivity index (χ0) is 12.7. The van der Waals surface area contributed by atoms with Gasteiger partial charge >= 0.3 is 0 Å². The van der Waals surface area contributed by atoms with Crippen molar-refractivity contribution in [3.8, 4) is 5.75 Å². The van der Waals surface area contributed by atoms with Crippen LogP contribution in [-0.4, -0.2) is 17.8 Å². The summed E-state index contributed by atoms with van der Waals surface area (Å²) >= 11 is 9.25. The number of benzene rings is 1. The van der Waals surface area contributed by atoms with Crippen LogP contribution >= 0.6 is 27.5 Å². The quantitative estimate of drug-likeness (QED) is 0.808. The summed E-state index contributed by atoms with van der Waals surface area (Å²) in [5.74, 6) is 0.604. The molecule has 0 fully saturated rings. The van der Waals surface area contributed by atoms with E-state index in [2.05, 4.69) is 21.2 Å². The second-order valence-corrected chi connectivity index (χ2v) is 4.68. The maximum absolute atomic E-state index is 11.4. The van der Waals surface area contributed by atoms with Gasteiger partial charge in [0.05, 0.1) is 11.6 Å². The molecule has 1 rings (SSSR count). The molecule has 1 N–H and O–H groups in total. The Hall–Kier alpha value is -0.740. The molecule has 1 aromatic rings. The first-order valence-corrected chi connectivity index (χ1v) is 6.95. The maximum atomic E-state index is 11.4. The van der Waals surface area contributed by atoms with Crippen molar-refractivity contribution in [1.82, 2.24) is 0 Å². The molecule has 0 saturated carbocycles. The number of carbonyl (C=O) groups is 1. The van der Waals surface area contributed by atoms with Gasteiger partial charge in [-0.15, -0.1) is 0 Å². The van der Waals surface area contributed by atoms with Crippen molar-refractivity contribution < 1.29 is 9.53 Å². The van der Waals surface area contributed by atoms with Crippen LogP contribution in [0.1, 0.15) is 19.8 Å². The van der Waals surface area contributed by atoms with E-state index < -0.39 is 0 Å². The van der Waals surface area contributed by atoms with E-state index in [0.29, 0.717) is 34.8 Å². The fourth-order valence-electron chi connectivity index (χ4n) is 1.22. The number of amides is 1. The van der Waals surface area contributed by atoms with Crippen molar-refractivity contribution in [2.24, 2.45) is 0 Å². The minimum absolute atomic E-state index is 0.0415. The summed E-state index contributed by atoms with van der Waals surface area (Å²) in [4.78, 5) is 11.4. The second-order valence-electron chi connectivity index (χ2n) is 3.48. The van der Waals surface area contributed by atoms with Crippen LogP contribution in [0.2, 0.25) is 5.02 Å². The van der Waals surface area contributed by atoms with E-state index in [4.69, 9.17) is 16.3 Å². The highest BCUT2D eigenvalue weighted by atomic mass is 79.9. The molecule has 0 aliphatic rings. The molecule has 1 amide bonds. The second kappa shape index (κ2) is 7.56. The van der Waals surface area contributed by atoms with Gasteiger partial charge in [0.15, 0.2) is 0 Å². The van der Waals surface area contributed by atoms with Crippen molar-refractivity contribution in [1.29, 1.82) is 0 Å². The molecule has 5 heteroatoms. The van der Waals surface area contributed by atoms with E-state index in [0.717, 1.165) is 6.42 Å². The number of anilines is 1. The molecule has 17 heavy (non-hydrogen) atoms. The molecule has 0 aromatic heterocycles. The lowest BCUT2D eigenvalue weighted by atomic mass is 10.3. The molecule has 0 radical (unpaired) electrons. The number of nitrogens with one attached hydrogen (secondary N) is 1. The van der Waals surface area contributed by atoms with E-state index >= 15 is 0 Å². The lowest BCUT2D eigenvalue weighted by Crippen LogP contribution is -2.11. The molecular formula is C12H15BrClNO2. The fraction of sp³-hybridized carbons (Fsp3) is 0.417. The van der Waals surface area contributed by atoms with E-state index in [-0.39, 0.29) is 5.91 Å². The van der Waals surface area contributed by atoms with Crippen LogP contribution in [0.3, 0.4) is 0 Å². The minimum atomic E-state index is -0.0415. The summed E-state index contributed by atoms with van der Waals surface area (Å²) in [5.41, 5.74) is 0.685. The number of hydrogen-bond acceptors (Lipinski definition) is 2. The minimum Gasteiger partial charge on any atom is -0.492 e. The van der Waals surface area contributed by atoms with E-state index in [9.17, 15) is 4.79 Å². The van der Waals surface area contributed by atoms with Gasteiger partial charge in [-0.2, -0.15) is 0 Å². The van der Waals surface area contributed by atoms with Crippen LogP contribution in [0.25, 0.3) is 0 Å². The Kier molecular flexibility index (Phi) is 6.37. The number of ether oxygens (including phenoxy) is 1. The Morgan fingerprint density at radius 1 is 1.53 bits per heavy atom. The smallest absolute Gasteiger partial charge is 0.225 e. The normalized spacial score (nSPS) is 10.1. The molecule has 0 spiro atoms. The molecule has 0 unspecified atom stereocenters. The summed E-state index contributed by atoms with van der Waals surface area (Å²) in [6, 6.07) is 5.24.